The van der Waals surface area contributed by atoms with E-state index in [-0.39, 0.29) is 29.3 Å². The number of anilines is 1. The van der Waals surface area contributed by atoms with Crippen LogP contribution in [0, 0.1) is 0 Å². The van der Waals surface area contributed by atoms with Crippen molar-refractivity contribution in [2.45, 2.75) is 50.2 Å². The van der Waals surface area contributed by atoms with Crippen LogP contribution in [0.5, 0.6) is 11.5 Å². The van der Waals surface area contributed by atoms with Gasteiger partial charge in [0, 0.05) is 40.2 Å². The molecule has 0 unspecified atom stereocenters. The van der Waals surface area contributed by atoms with E-state index in [1.165, 1.54) is 37.3 Å². The quantitative estimate of drug-likeness (QED) is 0.164. The Kier molecular flexibility index (Phi) is 12.0. The molecule has 0 radical (unpaired) electrons. The molecule has 9 nitrogen and oxygen atoms in total. The van der Waals surface area contributed by atoms with Crippen molar-refractivity contribution in [3.05, 3.63) is 118 Å². The summed E-state index contributed by atoms with van der Waals surface area (Å²) in [6, 6.07) is 25.7. The highest BCUT2D eigenvalue weighted by Crippen LogP contribution is 2.33. The summed E-state index contributed by atoms with van der Waals surface area (Å²) in [6.45, 7) is 4.72. The Morgan fingerprint density at radius 1 is 0.812 bits per heavy atom. The van der Waals surface area contributed by atoms with Gasteiger partial charge in [-0.25, -0.2) is 8.42 Å². The van der Waals surface area contributed by atoms with Crippen LogP contribution in [0.4, 0.5) is 5.69 Å². The second-order valence-electron chi connectivity index (χ2n) is 12.0. The lowest BCUT2D eigenvalue weighted by atomic mass is 10.0. The number of methoxy groups -OCH3 is 2. The van der Waals surface area contributed by atoms with Crippen molar-refractivity contribution in [3.63, 3.8) is 0 Å². The summed E-state index contributed by atoms with van der Waals surface area (Å²) in [5, 5.41) is 3.60. The van der Waals surface area contributed by atoms with Crippen LogP contribution in [0.25, 0.3) is 0 Å². The number of rotatable bonds is 13. The van der Waals surface area contributed by atoms with E-state index in [0.717, 1.165) is 9.87 Å². The van der Waals surface area contributed by atoms with Crippen LogP contribution in [0.3, 0.4) is 0 Å². The summed E-state index contributed by atoms with van der Waals surface area (Å²) in [7, 11) is -1.52. The van der Waals surface area contributed by atoms with Crippen LogP contribution in [-0.2, 0) is 32.6 Å². The molecule has 48 heavy (non-hydrogen) atoms. The molecule has 4 aromatic rings. The van der Waals surface area contributed by atoms with Gasteiger partial charge in [-0.05, 0) is 62.7 Å². The Bertz CT molecular complexity index is 1810. The predicted molar refractivity (Wildman–Crippen MR) is 189 cm³/mol. The number of nitrogens with zero attached hydrogens (tertiary/aromatic N) is 2. The first kappa shape index (κ1) is 36.6. The average Bonchev–Trinajstić information content (AvgIpc) is 3.05. The smallest absolute Gasteiger partial charge is 0.264 e. The second-order valence-corrected chi connectivity index (χ2v) is 14.7. The number of ether oxygens (including phenoxy) is 2. The van der Waals surface area contributed by atoms with Crippen molar-refractivity contribution in [1.29, 1.82) is 0 Å². The van der Waals surface area contributed by atoms with E-state index in [4.69, 9.17) is 32.7 Å². The zero-order valence-corrected chi connectivity index (χ0v) is 29.8. The number of hydrogen-bond donors (Lipinski definition) is 1. The van der Waals surface area contributed by atoms with Gasteiger partial charge < -0.3 is 19.7 Å². The lowest BCUT2D eigenvalue weighted by molar-refractivity contribution is -0.140. The number of nitrogens with one attached hydrogen (secondary N) is 1. The molecule has 12 heteroatoms. The molecule has 4 rings (SSSR count). The van der Waals surface area contributed by atoms with Crippen LogP contribution < -0.4 is 19.1 Å². The number of benzene rings is 4. The summed E-state index contributed by atoms with van der Waals surface area (Å²) in [5.41, 5.74) is 0.836. The highest BCUT2D eigenvalue weighted by molar-refractivity contribution is 7.92. The number of halogens is 2. The van der Waals surface area contributed by atoms with Gasteiger partial charge in [-0.15, -0.1) is 0 Å². The third kappa shape index (κ3) is 9.00. The van der Waals surface area contributed by atoms with Gasteiger partial charge in [0.15, 0.2) is 11.5 Å². The minimum absolute atomic E-state index is 0.121. The van der Waals surface area contributed by atoms with Crippen molar-refractivity contribution in [2.24, 2.45) is 0 Å². The number of hydrogen-bond acceptors (Lipinski definition) is 6. The fraction of sp³-hybridized carbons (Fsp3) is 0.278. The molecule has 0 fully saturated rings. The summed E-state index contributed by atoms with van der Waals surface area (Å²) >= 11 is 13.2. The van der Waals surface area contributed by atoms with Gasteiger partial charge in [0.05, 0.1) is 24.8 Å². The molecule has 0 bridgehead atoms. The summed E-state index contributed by atoms with van der Waals surface area (Å²) in [4.78, 5) is 29.9. The zero-order chi connectivity index (χ0) is 35.1. The maximum absolute atomic E-state index is 14.7. The first-order chi connectivity index (χ1) is 22.7. The molecule has 0 aliphatic rings. The van der Waals surface area contributed by atoms with Crippen LogP contribution in [-0.4, -0.2) is 57.5 Å². The number of carbonyl (C=O) groups excluding carboxylic acids is 2. The molecular weight excluding hydrogens is 673 g/mol. The normalized spacial score (nSPS) is 12.1. The topological polar surface area (TPSA) is 105 Å². The highest BCUT2D eigenvalue weighted by Gasteiger charge is 2.36. The predicted octanol–water partition coefficient (Wildman–Crippen LogP) is 6.76. The minimum atomic E-state index is -4.37. The number of carbonyl (C=O) groups is 2. The molecule has 2 amide bonds. The Morgan fingerprint density at radius 2 is 1.40 bits per heavy atom. The van der Waals surface area contributed by atoms with Gasteiger partial charge >= 0.3 is 0 Å². The van der Waals surface area contributed by atoms with E-state index in [1.54, 1.807) is 48.5 Å². The van der Waals surface area contributed by atoms with Gasteiger partial charge in [-0.3, -0.25) is 13.9 Å². The molecule has 4 aromatic carbocycles. The van der Waals surface area contributed by atoms with Gasteiger partial charge in [0.1, 0.15) is 12.6 Å². The van der Waals surface area contributed by atoms with E-state index in [1.807, 2.05) is 51.1 Å². The van der Waals surface area contributed by atoms with Gasteiger partial charge in [0.25, 0.3) is 10.0 Å². The Labute approximate surface area is 292 Å². The first-order valence-corrected chi connectivity index (χ1v) is 17.3. The standard InChI is InChI=1S/C36H39Cl2N3O6S/c1-36(2,3)39-35(43)31(21-25-13-8-6-9-14-25)40(23-28-29(37)17-12-18-30(28)38)34(42)24-41(26-15-10-7-11-16-26)48(44,45)27-19-20-32(46-4)33(22-27)47-5/h6-20,22,31H,21,23-24H2,1-5H3,(H,39,43)/t31-/m1/s1. The Balaban J connectivity index is 1.85. The van der Waals surface area contributed by atoms with E-state index < -0.39 is 40.0 Å². The largest absolute Gasteiger partial charge is 0.493 e. The molecule has 0 spiro atoms. The number of sulfonamides is 1. The van der Waals surface area contributed by atoms with E-state index in [9.17, 15) is 18.0 Å². The van der Waals surface area contributed by atoms with Crippen LogP contribution >= 0.6 is 23.2 Å². The van der Waals surface area contributed by atoms with E-state index in [0.29, 0.717) is 21.4 Å². The minimum Gasteiger partial charge on any atom is -0.493 e. The SMILES string of the molecule is COc1ccc(S(=O)(=O)N(CC(=O)N(Cc2c(Cl)cccc2Cl)[C@H](Cc2ccccc2)C(=O)NC(C)(C)C)c2ccccc2)cc1OC. The van der Waals surface area contributed by atoms with Crippen molar-refractivity contribution in [2.75, 3.05) is 25.1 Å². The Morgan fingerprint density at radius 3 is 1.96 bits per heavy atom. The monoisotopic (exact) mass is 711 g/mol. The summed E-state index contributed by atoms with van der Waals surface area (Å²) in [5.74, 6) is -0.523. The molecule has 0 aromatic heterocycles. The highest BCUT2D eigenvalue weighted by atomic mass is 35.5. The van der Waals surface area contributed by atoms with E-state index >= 15 is 0 Å². The van der Waals surface area contributed by atoms with Gasteiger partial charge in [0.2, 0.25) is 11.8 Å². The molecule has 1 atom stereocenters. The lowest BCUT2D eigenvalue weighted by Gasteiger charge is -2.35. The average molecular weight is 713 g/mol. The maximum atomic E-state index is 14.7. The molecule has 0 saturated heterocycles. The molecule has 0 aliphatic carbocycles. The van der Waals surface area contributed by atoms with Crippen molar-refractivity contribution >= 4 is 50.7 Å². The maximum Gasteiger partial charge on any atom is 0.264 e. The van der Waals surface area contributed by atoms with E-state index in [2.05, 4.69) is 5.32 Å². The number of amides is 2. The Hall–Kier alpha value is -4.25. The summed E-state index contributed by atoms with van der Waals surface area (Å²) in [6.07, 6.45) is 0.143. The fourth-order valence-electron chi connectivity index (χ4n) is 5.09. The molecule has 254 valence electrons. The third-order valence-corrected chi connectivity index (χ3v) is 9.90. The zero-order valence-electron chi connectivity index (χ0n) is 27.4. The summed E-state index contributed by atoms with van der Waals surface area (Å²) < 4.78 is 40.4. The molecule has 0 saturated carbocycles. The molecule has 0 heterocycles. The van der Waals surface area contributed by atoms with Gasteiger partial charge in [-0.2, -0.15) is 0 Å². The van der Waals surface area contributed by atoms with Gasteiger partial charge in [-0.1, -0.05) is 77.8 Å². The first-order valence-electron chi connectivity index (χ1n) is 15.1. The molecular formula is C36H39Cl2N3O6S. The van der Waals surface area contributed by atoms with Crippen molar-refractivity contribution in [3.8, 4) is 11.5 Å². The van der Waals surface area contributed by atoms with Crippen molar-refractivity contribution < 1.29 is 27.5 Å². The van der Waals surface area contributed by atoms with Crippen LogP contribution in [0.1, 0.15) is 31.9 Å². The lowest BCUT2D eigenvalue weighted by Crippen LogP contribution is -2.56. The molecule has 1 N–H and O–H groups in total. The third-order valence-electron chi connectivity index (χ3n) is 7.43. The van der Waals surface area contributed by atoms with Crippen LogP contribution in [0.15, 0.2) is 102 Å². The van der Waals surface area contributed by atoms with Crippen LogP contribution in [0.2, 0.25) is 10.0 Å². The second kappa shape index (κ2) is 15.8. The fourth-order valence-corrected chi connectivity index (χ4v) is 7.03. The molecule has 0 aliphatic heterocycles. The van der Waals surface area contributed by atoms with Crippen molar-refractivity contribution in [1.82, 2.24) is 10.2 Å². The number of para-hydroxylation sites is 1.